The summed E-state index contributed by atoms with van der Waals surface area (Å²) in [5.74, 6) is 0.0704. The molecule has 0 aliphatic heterocycles. The lowest BCUT2D eigenvalue weighted by Crippen LogP contribution is -2.19. The highest BCUT2D eigenvalue weighted by Gasteiger charge is 2.00. The molecule has 0 aromatic carbocycles. The van der Waals surface area contributed by atoms with Crippen LogP contribution in [0.5, 0.6) is 0 Å². The van der Waals surface area contributed by atoms with E-state index in [1.165, 1.54) is 0 Å². The Morgan fingerprint density at radius 3 is 3.08 bits per heavy atom. The first kappa shape index (κ1) is 10.2. The highest BCUT2D eigenvalue weighted by molar-refractivity contribution is 7.09. The summed E-state index contributed by atoms with van der Waals surface area (Å²) in [4.78, 5) is 4.31. The lowest BCUT2D eigenvalue weighted by atomic mass is 10.2. The van der Waals surface area contributed by atoms with Gasteiger partial charge in [0.15, 0.2) is 0 Å². The summed E-state index contributed by atoms with van der Waals surface area (Å²) in [6.07, 6.45) is 0. The van der Waals surface area contributed by atoms with E-state index in [1.807, 2.05) is 19.2 Å². The highest BCUT2D eigenvalue weighted by Crippen LogP contribution is 2.07. The van der Waals surface area contributed by atoms with Gasteiger partial charge in [0.1, 0.15) is 5.01 Å². The molecule has 1 aromatic heterocycles. The van der Waals surface area contributed by atoms with Crippen LogP contribution < -0.4 is 5.32 Å². The Bertz CT molecular complexity index is 300. The Hall–Kier alpha value is -0.920. The molecule has 4 heteroatoms. The number of aryl methyl sites for hydroxylation is 1. The number of hydrogen-bond acceptors (Lipinski definition) is 4. The standard InChI is InChI=1S/C9H13N3S/c1-7(3-10)4-11-5-9-12-8(2)6-13-9/h6-7,11H,4-5H2,1-2H3. The molecule has 1 aromatic rings. The van der Waals surface area contributed by atoms with E-state index in [9.17, 15) is 0 Å². The fourth-order valence-corrected chi connectivity index (χ4v) is 1.67. The van der Waals surface area contributed by atoms with Crippen molar-refractivity contribution >= 4 is 11.3 Å². The predicted molar refractivity (Wildman–Crippen MR) is 53.3 cm³/mol. The lowest BCUT2D eigenvalue weighted by molar-refractivity contribution is 0.600. The molecular formula is C9H13N3S. The fourth-order valence-electron chi connectivity index (χ4n) is 0.925. The third-order valence-corrected chi connectivity index (χ3v) is 2.58. The summed E-state index contributed by atoms with van der Waals surface area (Å²) >= 11 is 1.65. The molecule has 0 saturated carbocycles. The highest BCUT2D eigenvalue weighted by atomic mass is 32.1. The number of aromatic nitrogens is 1. The normalized spacial score (nSPS) is 12.4. The van der Waals surface area contributed by atoms with Gasteiger partial charge in [0.05, 0.1) is 12.0 Å². The van der Waals surface area contributed by atoms with Crippen LogP contribution in [0.3, 0.4) is 0 Å². The summed E-state index contributed by atoms with van der Waals surface area (Å²) in [6.45, 7) is 5.39. The molecule has 1 heterocycles. The minimum Gasteiger partial charge on any atom is -0.309 e. The Labute approximate surface area is 82.4 Å². The van der Waals surface area contributed by atoms with Crippen molar-refractivity contribution in [1.29, 1.82) is 5.26 Å². The maximum Gasteiger partial charge on any atom is 0.107 e. The summed E-state index contributed by atoms with van der Waals surface area (Å²) < 4.78 is 0. The molecule has 0 bridgehead atoms. The minimum absolute atomic E-state index is 0.0704. The van der Waals surface area contributed by atoms with Crippen molar-refractivity contribution in [3.63, 3.8) is 0 Å². The molecule has 1 unspecified atom stereocenters. The van der Waals surface area contributed by atoms with Crippen LogP contribution in [0.1, 0.15) is 17.6 Å². The van der Waals surface area contributed by atoms with Gasteiger partial charge in [-0.05, 0) is 13.8 Å². The number of hydrogen-bond donors (Lipinski definition) is 1. The van der Waals surface area contributed by atoms with E-state index in [2.05, 4.69) is 16.4 Å². The fraction of sp³-hybridized carbons (Fsp3) is 0.556. The van der Waals surface area contributed by atoms with Crippen LogP contribution in [0.25, 0.3) is 0 Å². The maximum atomic E-state index is 8.53. The molecule has 0 fully saturated rings. The van der Waals surface area contributed by atoms with Crippen LogP contribution in [0, 0.1) is 24.2 Å². The molecule has 0 saturated heterocycles. The monoisotopic (exact) mass is 195 g/mol. The average Bonchev–Trinajstić information content (AvgIpc) is 2.51. The van der Waals surface area contributed by atoms with Gasteiger partial charge in [-0.25, -0.2) is 4.98 Å². The van der Waals surface area contributed by atoms with Crippen LogP contribution in [0.15, 0.2) is 5.38 Å². The number of nitriles is 1. The first-order valence-electron chi connectivity index (χ1n) is 4.23. The summed E-state index contributed by atoms with van der Waals surface area (Å²) in [7, 11) is 0. The van der Waals surface area contributed by atoms with Crippen LogP contribution in [-0.2, 0) is 6.54 Å². The van der Waals surface area contributed by atoms with Crippen molar-refractivity contribution in [2.45, 2.75) is 20.4 Å². The molecule has 3 nitrogen and oxygen atoms in total. The molecule has 0 aliphatic carbocycles. The van der Waals surface area contributed by atoms with Crippen molar-refractivity contribution in [2.24, 2.45) is 5.92 Å². The first-order valence-corrected chi connectivity index (χ1v) is 5.11. The zero-order chi connectivity index (χ0) is 9.68. The van der Waals surface area contributed by atoms with Gasteiger partial charge in [-0.15, -0.1) is 11.3 Å². The van der Waals surface area contributed by atoms with Gasteiger partial charge in [-0.1, -0.05) is 0 Å². The van der Waals surface area contributed by atoms with Gasteiger partial charge >= 0.3 is 0 Å². The van der Waals surface area contributed by atoms with E-state index >= 15 is 0 Å². The average molecular weight is 195 g/mol. The quantitative estimate of drug-likeness (QED) is 0.795. The van der Waals surface area contributed by atoms with E-state index in [1.54, 1.807) is 11.3 Å². The van der Waals surface area contributed by atoms with Crippen LogP contribution in [0.2, 0.25) is 0 Å². The van der Waals surface area contributed by atoms with E-state index in [-0.39, 0.29) is 5.92 Å². The second kappa shape index (κ2) is 4.95. The van der Waals surface area contributed by atoms with Crippen molar-refractivity contribution in [1.82, 2.24) is 10.3 Å². The van der Waals surface area contributed by atoms with E-state index < -0.39 is 0 Å². The van der Waals surface area contributed by atoms with E-state index in [0.717, 1.165) is 23.8 Å². The molecule has 1 N–H and O–H groups in total. The zero-order valence-electron chi connectivity index (χ0n) is 7.87. The van der Waals surface area contributed by atoms with Crippen molar-refractivity contribution in [2.75, 3.05) is 6.54 Å². The third kappa shape index (κ3) is 3.53. The molecule has 1 rings (SSSR count). The van der Waals surface area contributed by atoms with Crippen molar-refractivity contribution in [3.05, 3.63) is 16.1 Å². The van der Waals surface area contributed by atoms with Crippen LogP contribution in [-0.4, -0.2) is 11.5 Å². The van der Waals surface area contributed by atoms with Crippen LogP contribution >= 0.6 is 11.3 Å². The first-order chi connectivity index (χ1) is 6.22. The number of thiazole rings is 1. The van der Waals surface area contributed by atoms with Gasteiger partial charge in [-0.3, -0.25) is 0 Å². The lowest BCUT2D eigenvalue weighted by Gasteiger charge is -2.02. The Balaban J connectivity index is 2.25. The van der Waals surface area contributed by atoms with Gasteiger partial charge in [0.25, 0.3) is 0 Å². The topological polar surface area (TPSA) is 48.7 Å². The minimum atomic E-state index is 0.0704. The van der Waals surface area contributed by atoms with Gasteiger partial charge in [0, 0.05) is 24.2 Å². The second-order valence-electron chi connectivity index (χ2n) is 3.04. The van der Waals surface area contributed by atoms with Crippen LogP contribution in [0.4, 0.5) is 0 Å². The molecule has 70 valence electrons. The summed E-state index contributed by atoms with van der Waals surface area (Å²) in [5.41, 5.74) is 1.06. The Kier molecular flexibility index (Phi) is 3.87. The predicted octanol–water partition coefficient (Wildman–Crippen LogP) is 1.70. The molecule has 1 atom stereocenters. The number of rotatable bonds is 4. The molecule has 0 radical (unpaired) electrons. The zero-order valence-corrected chi connectivity index (χ0v) is 8.69. The molecule has 0 amide bonds. The molecular weight excluding hydrogens is 182 g/mol. The molecule has 0 aliphatic rings. The Morgan fingerprint density at radius 2 is 2.54 bits per heavy atom. The third-order valence-electron chi connectivity index (χ3n) is 1.61. The van der Waals surface area contributed by atoms with Gasteiger partial charge < -0.3 is 5.32 Å². The number of nitrogens with one attached hydrogen (secondary N) is 1. The Morgan fingerprint density at radius 1 is 1.77 bits per heavy atom. The van der Waals surface area contributed by atoms with E-state index in [4.69, 9.17) is 5.26 Å². The van der Waals surface area contributed by atoms with E-state index in [0.29, 0.717) is 0 Å². The largest absolute Gasteiger partial charge is 0.309 e. The second-order valence-corrected chi connectivity index (χ2v) is 3.99. The SMILES string of the molecule is Cc1csc(CNCC(C)C#N)n1. The maximum absolute atomic E-state index is 8.53. The molecule has 13 heavy (non-hydrogen) atoms. The number of nitrogens with zero attached hydrogens (tertiary/aromatic N) is 2. The smallest absolute Gasteiger partial charge is 0.107 e. The van der Waals surface area contributed by atoms with Gasteiger partial charge in [0.2, 0.25) is 0 Å². The summed E-state index contributed by atoms with van der Waals surface area (Å²) in [5, 5.41) is 14.8. The van der Waals surface area contributed by atoms with Gasteiger partial charge in [-0.2, -0.15) is 5.26 Å². The van der Waals surface area contributed by atoms with Crippen molar-refractivity contribution < 1.29 is 0 Å². The molecule has 0 spiro atoms. The summed E-state index contributed by atoms with van der Waals surface area (Å²) in [6, 6.07) is 2.18. The van der Waals surface area contributed by atoms with Crippen molar-refractivity contribution in [3.8, 4) is 6.07 Å².